The maximum atomic E-state index is 13.2. The number of benzene rings is 3. The molecule has 0 bridgehead atoms. The molecule has 0 spiro atoms. The Morgan fingerprint density at radius 3 is 2.17 bits per heavy atom. The van der Waals surface area contributed by atoms with E-state index in [-0.39, 0.29) is 12.3 Å². The predicted molar refractivity (Wildman–Crippen MR) is 157 cm³/mol. The Bertz CT molecular complexity index is 1560. The van der Waals surface area contributed by atoms with E-state index in [0.717, 1.165) is 44.3 Å². The third kappa shape index (κ3) is 7.18. The Labute approximate surface area is 247 Å². The average molecular weight is 602 g/mol. The quantitative estimate of drug-likeness (QED) is 0.194. The van der Waals surface area contributed by atoms with Crippen molar-refractivity contribution in [3.8, 4) is 11.1 Å². The molecule has 9 heteroatoms. The summed E-state index contributed by atoms with van der Waals surface area (Å²) in [6, 6.07) is 19.4. The zero-order chi connectivity index (χ0) is 30.1. The van der Waals surface area contributed by atoms with Crippen molar-refractivity contribution < 1.29 is 27.5 Å². The molecule has 4 rings (SSSR count). The Hall–Kier alpha value is -3.20. The second-order valence-corrected chi connectivity index (χ2v) is 12.2. The number of aliphatic carboxylic acids is 1. The first kappa shape index (κ1) is 30.8. The lowest BCUT2D eigenvalue weighted by molar-refractivity contribution is -0.153. The number of halogens is 4. The Morgan fingerprint density at radius 2 is 1.59 bits per heavy atom. The molecule has 0 saturated carbocycles. The van der Waals surface area contributed by atoms with Crippen LogP contribution in [-0.2, 0) is 29.5 Å². The number of nitrogens with zero attached hydrogens (tertiary/aromatic N) is 1. The van der Waals surface area contributed by atoms with Crippen molar-refractivity contribution in [1.82, 2.24) is 4.31 Å². The lowest BCUT2D eigenvalue weighted by Crippen LogP contribution is -2.28. The predicted octanol–water partition coefficient (Wildman–Crippen LogP) is 9.62. The molecule has 1 aromatic heterocycles. The van der Waals surface area contributed by atoms with E-state index in [4.69, 9.17) is 16.0 Å². The van der Waals surface area contributed by atoms with Gasteiger partial charge in [0.2, 0.25) is 5.76 Å². The van der Waals surface area contributed by atoms with Crippen LogP contribution in [0.5, 0.6) is 0 Å². The van der Waals surface area contributed by atoms with E-state index < -0.39 is 23.3 Å². The standard InChI is InChI=1S/C32H31ClF3NO3S/c1-19-13-20(2)29(21(3)14-19)41-37(18-26-11-12-28(40-26)32(34,35)36)17-24-10-9-23(16-27(24)33)22-7-6-8-25(15-22)31(4,5)30(38)39/h6-16H,17-18H2,1-5H3,(H,38,39). The summed E-state index contributed by atoms with van der Waals surface area (Å²) >= 11 is 8.21. The molecule has 0 saturated heterocycles. The summed E-state index contributed by atoms with van der Waals surface area (Å²) in [6.07, 6.45) is -4.56. The summed E-state index contributed by atoms with van der Waals surface area (Å²) in [4.78, 5) is 12.8. The van der Waals surface area contributed by atoms with Gasteiger partial charge in [0.25, 0.3) is 0 Å². The number of hydrogen-bond donors (Lipinski definition) is 1. The second-order valence-electron chi connectivity index (χ2n) is 10.7. The van der Waals surface area contributed by atoms with Crippen LogP contribution in [0.15, 0.2) is 76.0 Å². The zero-order valence-electron chi connectivity index (χ0n) is 23.4. The van der Waals surface area contributed by atoms with Gasteiger partial charge >= 0.3 is 12.1 Å². The molecule has 0 aliphatic carbocycles. The molecule has 41 heavy (non-hydrogen) atoms. The lowest BCUT2D eigenvalue weighted by Gasteiger charge is -2.23. The molecule has 0 aliphatic rings. The SMILES string of the molecule is Cc1cc(C)c(SN(Cc2ccc(C(F)(F)F)o2)Cc2ccc(-c3cccc(C(C)(C)C(=O)O)c3)cc2Cl)c(C)c1. The smallest absolute Gasteiger partial charge is 0.449 e. The van der Waals surface area contributed by atoms with Gasteiger partial charge in [0, 0.05) is 16.5 Å². The van der Waals surface area contributed by atoms with E-state index in [9.17, 15) is 23.1 Å². The van der Waals surface area contributed by atoms with Crippen molar-refractivity contribution >= 4 is 29.5 Å². The molecule has 1 N–H and O–H groups in total. The van der Waals surface area contributed by atoms with Crippen molar-refractivity contribution in [2.45, 2.75) is 64.2 Å². The van der Waals surface area contributed by atoms with Crippen molar-refractivity contribution in [3.05, 3.63) is 111 Å². The van der Waals surface area contributed by atoms with Gasteiger partial charge < -0.3 is 9.52 Å². The van der Waals surface area contributed by atoms with Crippen LogP contribution < -0.4 is 0 Å². The number of rotatable bonds is 9. The maximum absolute atomic E-state index is 13.2. The summed E-state index contributed by atoms with van der Waals surface area (Å²) in [7, 11) is 0. The van der Waals surface area contributed by atoms with Gasteiger partial charge in [-0.3, -0.25) is 4.79 Å². The molecule has 3 aromatic carbocycles. The van der Waals surface area contributed by atoms with Gasteiger partial charge in [-0.15, -0.1) is 0 Å². The molecule has 0 amide bonds. The molecule has 4 aromatic rings. The fraction of sp³-hybridized carbons (Fsp3) is 0.281. The van der Waals surface area contributed by atoms with Crippen LogP contribution in [0.4, 0.5) is 13.2 Å². The Balaban J connectivity index is 1.64. The number of carboxylic acid groups (broad SMARTS) is 1. The van der Waals surface area contributed by atoms with Crippen LogP contribution in [0.3, 0.4) is 0 Å². The second kappa shape index (κ2) is 12.0. The van der Waals surface area contributed by atoms with Crippen LogP contribution in [-0.4, -0.2) is 15.4 Å². The fourth-order valence-electron chi connectivity index (χ4n) is 4.61. The van der Waals surface area contributed by atoms with Crippen molar-refractivity contribution in [1.29, 1.82) is 0 Å². The highest BCUT2D eigenvalue weighted by molar-refractivity contribution is 7.97. The highest BCUT2D eigenvalue weighted by Gasteiger charge is 2.35. The molecule has 216 valence electrons. The van der Waals surface area contributed by atoms with Gasteiger partial charge in [0.05, 0.1) is 12.0 Å². The minimum atomic E-state index is -4.56. The van der Waals surface area contributed by atoms with Crippen LogP contribution in [0, 0.1) is 20.8 Å². The lowest BCUT2D eigenvalue weighted by atomic mass is 9.83. The zero-order valence-corrected chi connectivity index (χ0v) is 25.0. The first-order valence-electron chi connectivity index (χ1n) is 12.9. The summed E-state index contributed by atoms with van der Waals surface area (Å²) in [6.45, 7) is 9.82. The molecule has 0 unspecified atom stereocenters. The number of hydrogen-bond acceptors (Lipinski definition) is 4. The van der Waals surface area contributed by atoms with E-state index >= 15 is 0 Å². The minimum Gasteiger partial charge on any atom is -0.481 e. The maximum Gasteiger partial charge on any atom is 0.449 e. The van der Waals surface area contributed by atoms with Gasteiger partial charge in [0.15, 0.2) is 0 Å². The molecule has 4 nitrogen and oxygen atoms in total. The Kier molecular flexibility index (Phi) is 8.97. The van der Waals surface area contributed by atoms with Crippen LogP contribution in [0.25, 0.3) is 11.1 Å². The van der Waals surface area contributed by atoms with Gasteiger partial charge in [-0.2, -0.15) is 13.2 Å². The monoisotopic (exact) mass is 601 g/mol. The van der Waals surface area contributed by atoms with Crippen molar-refractivity contribution in [2.75, 3.05) is 0 Å². The molecule has 0 radical (unpaired) electrons. The topological polar surface area (TPSA) is 53.7 Å². The molecule has 0 atom stereocenters. The third-order valence-corrected chi connectivity index (χ3v) is 8.65. The summed E-state index contributed by atoms with van der Waals surface area (Å²) < 4.78 is 46.6. The average Bonchev–Trinajstić information content (AvgIpc) is 3.36. The van der Waals surface area contributed by atoms with Gasteiger partial charge in [-0.25, -0.2) is 4.31 Å². The van der Waals surface area contributed by atoms with Gasteiger partial charge in [-0.05, 0) is 98.1 Å². The van der Waals surface area contributed by atoms with Crippen LogP contribution >= 0.6 is 23.5 Å². The first-order valence-corrected chi connectivity index (χ1v) is 14.1. The van der Waals surface area contributed by atoms with Crippen LogP contribution in [0.1, 0.15) is 53.2 Å². The summed E-state index contributed by atoms with van der Waals surface area (Å²) in [5.74, 6) is -1.76. The first-order chi connectivity index (χ1) is 19.1. The van der Waals surface area contributed by atoms with Crippen molar-refractivity contribution in [2.24, 2.45) is 0 Å². The minimum absolute atomic E-state index is 0.123. The van der Waals surface area contributed by atoms with E-state index in [1.54, 1.807) is 19.9 Å². The third-order valence-electron chi connectivity index (χ3n) is 6.95. The van der Waals surface area contributed by atoms with E-state index in [1.807, 2.05) is 61.5 Å². The number of alkyl halides is 3. The number of carboxylic acids is 1. The van der Waals surface area contributed by atoms with Gasteiger partial charge in [0.1, 0.15) is 5.76 Å². The molecular formula is C32H31ClF3NO3S. The fourth-order valence-corrected chi connectivity index (χ4v) is 5.91. The molecule has 0 fully saturated rings. The number of furan rings is 1. The highest BCUT2D eigenvalue weighted by Crippen LogP contribution is 2.37. The number of carbonyl (C=O) groups is 1. The van der Waals surface area contributed by atoms with E-state index in [2.05, 4.69) is 12.1 Å². The highest BCUT2D eigenvalue weighted by atomic mass is 35.5. The molecular weight excluding hydrogens is 571 g/mol. The van der Waals surface area contributed by atoms with Gasteiger partial charge in [-0.1, -0.05) is 65.7 Å². The normalized spacial score (nSPS) is 12.2. The number of aryl methyl sites for hydroxylation is 3. The summed E-state index contributed by atoms with van der Waals surface area (Å²) in [5, 5.41) is 10.1. The molecule has 1 heterocycles. The largest absolute Gasteiger partial charge is 0.481 e. The van der Waals surface area contributed by atoms with E-state index in [1.165, 1.54) is 18.0 Å². The van der Waals surface area contributed by atoms with Crippen LogP contribution in [0.2, 0.25) is 5.02 Å². The summed E-state index contributed by atoms with van der Waals surface area (Å²) in [5.41, 5.74) is 5.33. The van der Waals surface area contributed by atoms with Crippen molar-refractivity contribution in [3.63, 3.8) is 0 Å². The Morgan fingerprint density at radius 1 is 0.927 bits per heavy atom. The molecule has 0 aliphatic heterocycles. The van der Waals surface area contributed by atoms with E-state index in [0.29, 0.717) is 17.1 Å².